The van der Waals surface area contributed by atoms with E-state index < -0.39 is 10.2 Å². The van der Waals surface area contributed by atoms with Crippen molar-refractivity contribution in [2.24, 2.45) is 0 Å². The van der Waals surface area contributed by atoms with Crippen LogP contribution in [-0.2, 0) is 10.2 Å². The molecular formula is C14H21N3O3S2. The zero-order valence-electron chi connectivity index (χ0n) is 12.4. The van der Waals surface area contributed by atoms with Crippen LogP contribution in [0.3, 0.4) is 0 Å². The van der Waals surface area contributed by atoms with Gasteiger partial charge in [0.15, 0.2) is 0 Å². The van der Waals surface area contributed by atoms with Gasteiger partial charge in [0.2, 0.25) is 0 Å². The Labute approximate surface area is 135 Å². The highest BCUT2D eigenvalue weighted by molar-refractivity contribution is 7.86. The lowest BCUT2D eigenvalue weighted by molar-refractivity contribution is 0.0927. The molecule has 0 radical (unpaired) electrons. The molecule has 6 nitrogen and oxygen atoms in total. The van der Waals surface area contributed by atoms with E-state index in [-0.39, 0.29) is 11.9 Å². The number of piperidine rings is 1. The summed E-state index contributed by atoms with van der Waals surface area (Å²) >= 11 is 1.42. The summed E-state index contributed by atoms with van der Waals surface area (Å²) < 4.78 is 28.1. The molecule has 0 aromatic carbocycles. The first-order valence-electron chi connectivity index (χ1n) is 7.67. The number of rotatable bonds is 4. The highest BCUT2D eigenvalue weighted by Gasteiger charge is 2.34. The summed E-state index contributed by atoms with van der Waals surface area (Å²) in [6, 6.07) is 3.71. The van der Waals surface area contributed by atoms with Crippen molar-refractivity contribution in [3.63, 3.8) is 0 Å². The molecule has 0 atom stereocenters. The van der Waals surface area contributed by atoms with E-state index in [4.69, 9.17) is 0 Å². The lowest BCUT2D eigenvalue weighted by Crippen LogP contribution is -2.50. The molecule has 3 heterocycles. The summed E-state index contributed by atoms with van der Waals surface area (Å²) in [6.07, 6.45) is 3.24. The molecule has 2 saturated heterocycles. The number of nitrogens with zero attached hydrogens (tertiary/aromatic N) is 2. The maximum atomic E-state index is 12.5. The zero-order valence-corrected chi connectivity index (χ0v) is 14.0. The van der Waals surface area contributed by atoms with Crippen LogP contribution in [0.5, 0.6) is 0 Å². The highest BCUT2D eigenvalue weighted by atomic mass is 32.2. The number of nitrogens with one attached hydrogen (secondary N) is 1. The Balaban J connectivity index is 1.53. The third kappa shape index (κ3) is 3.34. The van der Waals surface area contributed by atoms with Gasteiger partial charge >= 0.3 is 0 Å². The van der Waals surface area contributed by atoms with Gasteiger partial charge in [0, 0.05) is 32.2 Å². The second-order valence-electron chi connectivity index (χ2n) is 5.74. The second kappa shape index (κ2) is 6.66. The van der Waals surface area contributed by atoms with Gasteiger partial charge in [-0.1, -0.05) is 6.07 Å². The first-order chi connectivity index (χ1) is 10.6. The Kier molecular flexibility index (Phi) is 4.82. The molecule has 0 bridgehead atoms. The lowest BCUT2D eigenvalue weighted by atomic mass is 10.1. The summed E-state index contributed by atoms with van der Waals surface area (Å²) in [6.45, 7) is 2.23. The average Bonchev–Trinajstić information content (AvgIpc) is 3.21. The third-order valence-corrected chi connectivity index (χ3v) is 7.16. The number of carbonyl (C=O) groups is 1. The van der Waals surface area contributed by atoms with Crippen molar-refractivity contribution in [3.05, 3.63) is 22.4 Å². The largest absolute Gasteiger partial charge is 0.349 e. The molecule has 0 unspecified atom stereocenters. The second-order valence-corrected chi connectivity index (χ2v) is 8.61. The number of hydrogen-bond acceptors (Lipinski definition) is 4. The van der Waals surface area contributed by atoms with Gasteiger partial charge in [-0.25, -0.2) is 0 Å². The molecule has 1 amide bonds. The SMILES string of the molecule is O=C(NC1CCN(S(=O)(=O)N2CCCC2)CC1)c1cccs1. The minimum absolute atomic E-state index is 0.0552. The van der Waals surface area contributed by atoms with E-state index in [0.29, 0.717) is 43.9 Å². The smallest absolute Gasteiger partial charge is 0.281 e. The number of amides is 1. The fourth-order valence-electron chi connectivity index (χ4n) is 2.98. The fourth-order valence-corrected chi connectivity index (χ4v) is 5.32. The van der Waals surface area contributed by atoms with Crippen LogP contribution in [0.2, 0.25) is 0 Å². The van der Waals surface area contributed by atoms with Gasteiger partial charge in [-0.2, -0.15) is 17.0 Å². The van der Waals surface area contributed by atoms with Crippen LogP contribution in [0.25, 0.3) is 0 Å². The van der Waals surface area contributed by atoms with E-state index in [2.05, 4.69) is 5.32 Å². The van der Waals surface area contributed by atoms with Gasteiger partial charge in [-0.3, -0.25) is 4.79 Å². The van der Waals surface area contributed by atoms with Crippen molar-refractivity contribution in [2.75, 3.05) is 26.2 Å². The van der Waals surface area contributed by atoms with Crippen molar-refractivity contribution >= 4 is 27.5 Å². The van der Waals surface area contributed by atoms with Crippen LogP contribution in [0.15, 0.2) is 17.5 Å². The highest BCUT2D eigenvalue weighted by Crippen LogP contribution is 2.21. The minimum atomic E-state index is -3.30. The Morgan fingerprint density at radius 3 is 2.36 bits per heavy atom. The zero-order chi connectivity index (χ0) is 15.6. The van der Waals surface area contributed by atoms with E-state index in [9.17, 15) is 13.2 Å². The molecule has 122 valence electrons. The summed E-state index contributed by atoms with van der Waals surface area (Å²) in [5.41, 5.74) is 0. The lowest BCUT2D eigenvalue weighted by Gasteiger charge is -2.33. The predicted octanol–water partition coefficient (Wildman–Crippen LogP) is 1.28. The van der Waals surface area contributed by atoms with Gasteiger partial charge in [0.25, 0.3) is 16.1 Å². The van der Waals surface area contributed by atoms with Crippen molar-refractivity contribution < 1.29 is 13.2 Å². The van der Waals surface area contributed by atoms with E-state index in [1.165, 1.54) is 11.3 Å². The van der Waals surface area contributed by atoms with Crippen molar-refractivity contribution in [1.29, 1.82) is 0 Å². The maximum Gasteiger partial charge on any atom is 0.281 e. The van der Waals surface area contributed by atoms with Crippen LogP contribution in [0.1, 0.15) is 35.4 Å². The van der Waals surface area contributed by atoms with Gasteiger partial charge < -0.3 is 5.32 Å². The molecule has 0 saturated carbocycles. The van der Waals surface area contributed by atoms with Gasteiger partial charge in [-0.15, -0.1) is 11.3 Å². The predicted molar refractivity (Wildman–Crippen MR) is 86.1 cm³/mol. The van der Waals surface area contributed by atoms with Crippen LogP contribution in [0, 0.1) is 0 Å². The molecule has 2 fully saturated rings. The van der Waals surface area contributed by atoms with E-state index in [1.807, 2.05) is 11.4 Å². The van der Waals surface area contributed by atoms with Crippen LogP contribution >= 0.6 is 11.3 Å². The average molecular weight is 343 g/mol. The molecule has 1 aromatic rings. The molecule has 2 aliphatic rings. The minimum Gasteiger partial charge on any atom is -0.349 e. The van der Waals surface area contributed by atoms with Crippen molar-refractivity contribution in [3.8, 4) is 0 Å². The first kappa shape index (κ1) is 15.9. The van der Waals surface area contributed by atoms with Crippen molar-refractivity contribution in [2.45, 2.75) is 31.7 Å². The molecule has 8 heteroatoms. The monoisotopic (exact) mass is 343 g/mol. The quantitative estimate of drug-likeness (QED) is 0.895. The Morgan fingerprint density at radius 1 is 1.14 bits per heavy atom. The summed E-state index contributed by atoms with van der Waals surface area (Å²) in [5, 5.41) is 4.87. The summed E-state index contributed by atoms with van der Waals surface area (Å²) in [7, 11) is -3.30. The first-order valence-corrected chi connectivity index (χ1v) is 9.94. The van der Waals surface area contributed by atoms with Crippen LogP contribution < -0.4 is 5.32 Å². The molecular weight excluding hydrogens is 322 g/mol. The third-order valence-electron chi connectivity index (χ3n) is 4.25. The van der Waals surface area contributed by atoms with E-state index >= 15 is 0 Å². The van der Waals surface area contributed by atoms with Crippen LogP contribution in [0.4, 0.5) is 0 Å². The number of thiophene rings is 1. The van der Waals surface area contributed by atoms with E-state index in [1.54, 1.807) is 14.7 Å². The Bertz CT molecular complexity index is 601. The number of carbonyl (C=O) groups excluding carboxylic acids is 1. The standard InChI is InChI=1S/C14H21N3O3S2/c18-14(13-4-3-11-21-13)15-12-5-9-17(10-6-12)22(19,20)16-7-1-2-8-16/h3-4,11-12H,1-2,5-10H2,(H,15,18). The molecule has 3 rings (SSSR count). The van der Waals surface area contributed by atoms with Crippen molar-refractivity contribution in [1.82, 2.24) is 13.9 Å². The van der Waals surface area contributed by atoms with Gasteiger partial charge in [-0.05, 0) is 37.1 Å². The molecule has 1 N–H and O–H groups in total. The molecule has 1 aromatic heterocycles. The molecule has 2 aliphatic heterocycles. The number of hydrogen-bond donors (Lipinski definition) is 1. The van der Waals surface area contributed by atoms with Gasteiger partial charge in [0.1, 0.15) is 0 Å². The van der Waals surface area contributed by atoms with Gasteiger partial charge in [0.05, 0.1) is 4.88 Å². The summed E-state index contributed by atoms with van der Waals surface area (Å²) in [5.74, 6) is -0.0594. The van der Waals surface area contributed by atoms with Crippen LogP contribution in [-0.4, -0.2) is 55.2 Å². The Morgan fingerprint density at radius 2 is 1.77 bits per heavy atom. The Hall–Kier alpha value is -0.960. The fraction of sp³-hybridized carbons (Fsp3) is 0.643. The topological polar surface area (TPSA) is 69.7 Å². The summed E-state index contributed by atoms with van der Waals surface area (Å²) in [4.78, 5) is 12.7. The maximum absolute atomic E-state index is 12.5. The molecule has 22 heavy (non-hydrogen) atoms. The van der Waals surface area contributed by atoms with E-state index in [0.717, 1.165) is 12.8 Å². The molecule has 0 spiro atoms. The molecule has 0 aliphatic carbocycles. The normalized spacial score (nSPS) is 22.0.